The molecule has 0 spiro atoms. The molecule has 4 nitrogen and oxygen atoms in total. The first-order valence-corrected chi connectivity index (χ1v) is 7.74. The van der Waals surface area contributed by atoms with Crippen molar-refractivity contribution < 1.29 is 4.39 Å². The number of hydrogen-bond donors (Lipinski definition) is 2. The lowest BCUT2D eigenvalue weighted by molar-refractivity contribution is 0.442. The molecule has 1 unspecified atom stereocenters. The van der Waals surface area contributed by atoms with Gasteiger partial charge in [-0.1, -0.05) is 17.7 Å². The lowest BCUT2D eigenvalue weighted by Gasteiger charge is -2.21. The zero-order valence-electron chi connectivity index (χ0n) is 11.8. The summed E-state index contributed by atoms with van der Waals surface area (Å²) in [7, 11) is 0. The summed E-state index contributed by atoms with van der Waals surface area (Å²) in [6.45, 7) is 4.04. The molecule has 1 heterocycles. The Morgan fingerprint density at radius 2 is 2.19 bits per heavy atom. The quantitative estimate of drug-likeness (QED) is 0.618. The summed E-state index contributed by atoms with van der Waals surface area (Å²) in [5.74, 6) is 5.33. The first kappa shape index (κ1) is 16.4. The van der Waals surface area contributed by atoms with E-state index in [9.17, 15) is 4.39 Å². The van der Waals surface area contributed by atoms with Crippen LogP contribution in [0.2, 0.25) is 5.02 Å². The van der Waals surface area contributed by atoms with Gasteiger partial charge in [0.2, 0.25) is 0 Å². The summed E-state index contributed by atoms with van der Waals surface area (Å²) >= 11 is 9.56. The van der Waals surface area contributed by atoms with Gasteiger partial charge in [-0.05, 0) is 48.3 Å². The summed E-state index contributed by atoms with van der Waals surface area (Å²) in [6.07, 6.45) is 2.04. The standard InChI is InChI=1S/C14H17BrClFN4/c1-8(2)21-14(10(15)7-19-21)13(20-18)6-9-11(16)4-3-5-12(9)17/h3-5,7-8,13,20H,6,18H2,1-2H3. The van der Waals surface area contributed by atoms with E-state index in [1.807, 2.05) is 18.5 Å². The van der Waals surface area contributed by atoms with Gasteiger partial charge < -0.3 is 0 Å². The van der Waals surface area contributed by atoms with Crippen molar-refractivity contribution in [3.05, 3.63) is 51.0 Å². The Morgan fingerprint density at radius 1 is 1.48 bits per heavy atom. The number of benzene rings is 1. The molecule has 1 aromatic carbocycles. The van der Waals surface area contributed by atoms with Crippen molar-refractivity contribution in [1.29, 1.82) is 0 Å². The van der Waals surface area contributed by atoms with Crippen LogP contribution in [0.15, 0.2) is 28.9 Å². The van der Waals surface area contributed by atoms with Gasteiger partial charge in [0.15, 0.2) is 0 Å². The number of hydrazine groups is 1. The topological polar surface area (TPSA) is 55.9 Å². The fraction of sp³-hybridized carbons (Fsp3) is 0.357. The molecule has 0 amide bonds. The van der Waals surface area contributed by atoms with E-state index in [-0.39, 0.29) is 17.9 Å². The van der Waals surface area contributed by atoms with Crippen molar-refractivity contribution in [2.24, 2.45) is 5.84 Å². The zero-order valence-corrected chi connectivity index (χ0v) is 14.1. The van der Waals surface area contributed by atoms with Crippen LogP contribution in [0, 0.1) is 5.82 Å². The highest BCUT2D eigenvalue weighted by atomic mass is 79.9. The Bertz CT molecular complexity index is 609. The molecule has 2 aromatic rings. The molecule has 21 heavy (non-hydrogen) atoms. The van der Waals surface area contributed by atoms with Crippen LogP contribution in [0.3, 0.4) is 0 Å². The molecule has 0 radical (unpaired) electrons. The van der Waals surface area contributed by atoms with Gasteiger partial charge in [-0.3, -0.25) is 16.0 Å². The maximum absolute atomic E-state index is 14.0. The fourth-order valence-corrected chi connectivity index (χ4v) is 3.04. The average molecular weight is 376 g/mol. The van der Waals surface area contributed by atoms with Crippen LogP contribution >= 0.6 is 27.5 Å². The van der Waals surface area contributed by atoms with Crippen molar-refractivity contribution >= 4 is 27.5 Å². The second-order valence-corrected chi connectivity index (χ2v) is 6.30. The number of nitrogens with two attached hydrogens (primary N) is 1. The van der Waals surface area contributed by atoms with E-state index in [0.29, 0.717) is 17.0 Å². The van der Waals surface area contributed by atoms with Gasteiger partial charge >= 0.3 is 0 Å². The first-order valence-electron chi connectivity index (χ1n) is 6.57. The third-order valence-corrected chi connectivity index (χ3v) is 4.24. The summed E-state index contributed by atoms with van der Waals surface area (Å²) in [5, 5.41) is 4.71. The summed E-state index contributed by atoms with van der Waals surface area (Å²) in [4.78, 5) is 0. The van der Waals surface area contributed by atoms with Crippen LogP contribution in [0.25, 0.3) is 0 Å². The van der Waals surface area contributed by atoms with Gasteiger partial charge in [0.25, 0.3) is 0 Å². The predicted molar refractivity (Wildman–Crippen MR) is 85.5 cm³/mol. The van der Waals surface area contributed by atoms with Gasteiger partial charge in [-0.15, -0.1) is 0 Å². The fourth-order valence-electron chi connectivity index (χ4n) is 2.25. The highest BCUT2D eigenvalue weighted by molar-refractivity contribution is 9.10. The Morgan fingerprint density at radius 3 is 2.76 bits per heavy atom. The van der Waals surface area contributed by atoms with Crippen molar-refractivity contribution in [2.75, 3.05) is 0 Å². The third kappa shape index (κ3) is 3.45. The number of rotatable bonds is 5. The highest BCUT2D eigenvalue weighted by Gasteiger charge is 2.23. The average Bonchev–Trinajstić information content (AvgIpc) is 2.81. The molecule has 1 atom stereocenters. The van der Waals surface area contributed by atoms with Crippen LogP contribution in [-0.4, -0.2) is 9.78 Å². The van der Waals surface area contributed by atoms with Crippen LogP contribution < -0.4 is 11.3 Å². The third-order valence-electron chi connectivity index (χ3n) is 3.28. The van der Waals surface area contributed by atoms with Gasteiger partial charge in [0.05, 0.1) is 22.4 Å². The second kappa shape index (κ2) is 6.87. The monoisotopic (exact) mass is 374 g/mol. The van der Waals surface area contributed by atoms with Gasteiger partial charge in [0, 0.05) is 16.6 Å². The molecular formula is C14H17BrClFN4. The summed E-state index contributed by atoms with van der Waals surface area (Å²) in [6, 6.07) is 4.50. The minimum atomic E-state index is -0.338. The molecule has 0 bridgehead atoms. The molecule has 2 rings (SSSR count). The molecule has 0 aliphatic heterocycles. The van der Waals surface area contributed by atoms with Crippen molar-refractivity contribution in [1.82, 2.24) is 15.2 Å². The van der Waals surface area contributed by atoms with Gasteiger partial charge in [0.1, 0.15) is 5.82 Å². The second-order valence-electron chi connectivity index (χ2n) is 5.04. The van der Waals surface area contributed by atoms with Crippen LogP contribution in [0.5, 0.6) is 0 Å². The van der Waals surface area contributed by atoms with E-state index in [2.05, 4.69) is 26.5 Å². The van der Waals surface area contributed by atoms with Gasteiger partial charge in [-0.2, -0.15) is 5.10 Å². The summed E-state index contributed by atoms with van der Waals surface area (Å²) < 4.78 is 16.6. The van der Waals surface area contributed by atoms with E-state index < -0.39 is 0 Å². The minimum absolute atomic E-state index is 0.165. The molecule has 7 heteroatoms. The van der Waals surface area contributed by atoms with Crippen molar-refractivity contribution in [2.45, 2.75) is 32.4 Å². The van der Waals surface area contributed by atoms with Crippen LogP contribution in [0.4, 0.5) is 4.39 Å². The lowest BCUT2D eigenvalue weighted by Crippen LogP contribution is -2.32. The van der Waals surface area contributed by atoms with E-state index >= 15 is 0 Å². The van der Waals surface area contributed by atoms with E-state index in [4.69, 9.17) is 17.4 Å². The Hall–Kier alpha value is -0.950. The van der Waals surface area contributed by atoms with E-state index in [1.165, 1.54) is 6.07 Å². The highest BCUT2D eigenvalue weighted by Crippen LogP contribution is 2.30. The SMILES string of the molecule is CC(C)n1ncc(Br)c1C(Cc1c(F)cccc1Cl)NN. The van der Waals surface area contributed by atoms with Gasteiger partial charge in [-0.25, -0.2) is 4.39 Å². The molecular weight excluding hydrogens is 359 g/mol. The molecule has 3 N–H and O–H groups in total. The number of nitrogens with zero attached hydrogens (tertiary/aromatic N) is 2. The Kier molecular flexibility index (Phi) is 5.37. The Labute approximate surface area is 136 Å². The predicted octanol–water partition coefficient (Wildman–Crippen LogP) is 3.77. The first-order chi connectivity index (χ1) is 9.95. The molecule has 0 saturated heterocycles. The molecule has 0 aliphatic rings. The van der Waals surface area contributed by atoms with Crippen LogP contribution in [0.1, 0.15) is 37.2 Å². The maximum Gasteiger partial charge on any atom is 0.127 e. The zero-order chi connectivity index (χ0) is 15.6. The molecule has 0 saturated carbocycles. The van der Waals surface area contributed by atoms with Crippen LogP contribution in [-0.2, 0) is 6.42 Å². The minimum Gasteiger partial charge on any atom is -0.271 e. The lowest BCUT2D eigenvalue weighted by atomic mass is 10.0. The van der Waals surface area contributed by atoms with E-state index in [0.717, 1.165) is 10.2 Å². The number of hydrogen-bond acceptors (Lipinski definition) is 3. The normalized spacial score (nSPS) is 12.9. The largest absolute Gasteiger partial charge is 0.271 e. The summed E-state index contributed by atoms with van der Waals surface area (Å²) in [5.41, 5.74) is 4.03. The molecule has 1 aromatic heterocycles. The number of halogens is 3. The number of aromatic nitrogens is 2. The van der Waals surface area contributed by atoms with E-state index in [1.54, 1.807) is 18.3 Å². The van der Waals surface area contributed by atoms with Crippen molar-refractivity contribution in [3.8, 4) is 0 Å². The molecule has 0 fully saturated rings. The molecule has 0 aliphatic carbocycles. The number of nitrogens with one attached hydrogen (secondary N) is 1. The maximum atomic E-state index is 14.0. The van der Waals surface area contributed by atoms with Crippen molar-refractivity contribution in [3.63, 3.8) is 0 Å². The molecule has 114 valence electrons. The Balaban J connectivity index is 2.39. The smallest absolute Gasteiger partial charge is 0.127 e.